The van der Waals surface area contributed by atoms with Crippen molar-refractivity contribution in [3.8, 4) is 0 Å². The van der Waals surface area contributed by atoms with Gasteiger partial charge in [0.2, 0.25) is 6.41 Å². The van der Waals surface area contributed by atoms with Gasteiger partial charge in [-0.05, 0) is 0 Å². The van der Waals surface area contributed by atoms with E-state index in [1.165, 1.54) is 5.43 Å². The van der Waals surface area contributed by atoms with Gasteiger partial charge in [0, 0.05) is 0 Å². The lowest BCUT2D eigenvalue weighted by Crippen LogP contribution is -2.39. The predicted molar refractivity (Wildman–Crippen MR) is 23.3 cm³/mol. The van der Waals surface area contributed by atoms with Crippen LogP contribution in [0.3, 0.4) is 0 Å². The molecule has 0 aromatic heterocycles. The molecule has 2 amide bonds. The van der Waals surface area contributed by atoms with Crippen LogP contribution in [-0.4, -0.2) is 18.7 Å². The van der Waals surface area contributed by atoms with E-state index in [1.807, 2.05) is 0 Å². The Morgan fingerprint density at radius 2 is 2.11 bits per heavy atom. The van der Waals surface area contributed by atoms with Gasteiger partial charge in [-0.3, -0.25) is 20.4 Å². The molecule has 0 bridgehead atoms. The number of alkyl halides is 2. The summed E-state index contributed by atoms with van der Waals surface area (Å²) in [5.74, 6) is -1.53. The van der Waals surface area contributed by atoms with Crippen LogP contribution in [0.1, 0.15) is 0 Å². The molecule has 0 aliphatic carbocycles. The van der Waals surface area contributed by atoms with Crippen molar-refractivity contribution in [3.05, 3.63) is 0 Å². The topological polar surface area (TPSA) is 58.2 Å². The molecule has 0 saturated heterocycles. The number of hydrazine groups is 1. The first-order chi connectivity index (χ1) is 4.18. The first-order valence-electron chi connectivity index (χ1n) is 1.95. The zero-order valence-electron chi connectivity index (χ0n) is 4.23. The van der Waals surface area contributed by atoms with Gasteiger partial charge in [0.05, 0.1) is 0 Å². The molecule has 0 rings (SSSR count). The van der Waals surface area contributed by atoms with Crippen molar-refractivity contribution in [2.24, 2.45) is 0 Å². The van der Waals surface area contributed by atoms with Gasteiger partial charge in [-0.15, -0.1) is 0 Å². The standard InChI is InChI=1S/C3H4F2N2O2/c4-2(5)3(9)7-6-1-8/h1-2H,(H,6,8)(H,7,9). The highest BCUT2D eigenvalue weighted by Gasteiger charge is 2.12. The second-order valence-corrected chi connectivity index (χ2v) is 1.05. The van der Waals surface area contributed by atoms with Crippen LogP contribution in [0.25, 0.3) is 0 Å². The lowest BCUT2D eigenvalue weighted by molar-refractivity contribution is -0.134. The number of carbonyl (C=O) groups excluding carboxylic acids is 2. The Kier molecular flexibility index (Phi) is 3.26. The third kappa shape index (κ3) is 3.39. The summed E-state index contributed by atoms with van der Waals surface area (Å²) in [6.07, 6.45) is -3.02. The smallest absolute Gasteiger partial charge is 0.277 e. The van der Waals surface area contributed by atoms with Crippen molar-refractivity contribution in [1.29, 1.82) is 0 Å². The maximum Gasteiger partial charge on any atom is 0.317 e. The zero-order valence-corrected chi connectivity index (χ0v) is 4.23. The monoisotopic (exact) mass is 138 g/mol. The Labute approximate surface area is 49.2 Å². The molecule has 9 heavy (non-hydrogen) atoms. The van der Waals surface area contributed by atoms with E-state index in [0.29, 0.717) is 0 Å². The van der Waals surface area contributed by atoms with Gasteiger partial charge in [-0.2, -0.15) is 8.78 Å². The molecular weight excluding hydrogens is 134 g/mol. The lowest BCUT2D eigenvalue weighted by atomic mass is 10.7. The number of hydrogen-bond donors (Lipinski definition) is 2. The van der Waals surface area contributed by atoms with Crippen molar-refractivity contribution in [1.82, 2.24) is 10.9 Å². The predicted octanol–water partition coefficient (Wildman–Crippen LogP) is -0.971. The van der Waals surface area contributed by atoms with E-state index in [4.69, 9.17) is 0 Å². The van der Waals surface area contributed by atoms with Crippen molar-refractivity contribution in [2.45, 2.75) is 6.43 Å². The van der Waals surface area contributed by atoms with Crippen LogP contribution in [0.5, 0.6) is 0 Å². The number of hydrogen-bond acceptors (Lipinski definition) is 2. The van der Waals surface area contributed by atoms with Crippen LogP contribution >= 0.6 is 0 Å². The van der Waals surface area contributed by atoms with E-state index in [0.717, 1.165) is 0 Å². The van der Waals surface area contributed by atoms with Gasteiger partial charge in [0.25, 0.3) is 0 Å². The quantitative estimate of drug-likeness (QED) is 0.389. The van der Waals surface area contributed by atoms with Crippen LogP contribution in [0.2, 0.25) is 0 Å². The first kappa shape index (κ1) is 7.80. The molecule has 0 aliphatic heterocycles. The summed E-state index contributed by atoms with van der Waals surface area (Å²) >= 11 is 0. The molecule has 0 spiro atoms. The van der Waals surface area contributed by atoms with E-state index >= 15 is 0 Å². The summed E-state index contributed by atoms with van der Waals surface area (Å²) < 4.78 is 22.4. The average Bonchev–Trinajstić information content (AvgIpc) is 1.82. The normalized spacial score (nSPS) is 8.78. The van der Waals surface area contributed by atoms with Gasteiger partial charge >= 0.3 is 12.3 Å². The van der Waals surface area contributed by atoms with Crippen molar-refractivity contribution in [2.75, 3.05) is 0 Å². The molecule has 0 saturated carbocycles. The fourth-order valence-corrected chi connectivity index (χ4v) is 0.155. The van der Waals surface area contributed by atoms with E-state index in [-0.39, 0.29) is 6.41 Å². The van der Waals surface area contributed by atoms with Crippen molar-refractivity contribution >= 4 is 12.3 Å². The second-order valence-electron chi connectivity index (χ2n) is 1.05. The maximum atomic E-state index is 11.2. The third-order valence-corrected chi connectivity index (χ3v) is 0.452. The van der Waals surface area contributed by atoms with E-state index in [9.17, 15) is 18.4 Å². The summed E-state index contributed by atoms with van der Waals surface area (Å²) in [6, 6.07) is 0. The molecule has 0 aromatic rings. The SMILES string of the molecule is O=CNNC(=O)C(F)F. The third-order valence-electron chi connectivity index (χ3n) is 0.452. The minimum Gasteiger partial charge on any atom is -0.277 e. The number of halogens is 2. The Balaban J connectivity index is 3.38. The average molecular weight is 138 g/mol. The highest BCUT2D eigenvalue weighted by Crippen LogP contribution is 1.88. The molecule has 4 nitrogen and oxygen atoms in total. The Morgan fingerprint density at radius 3 is 2.44 bits per heavy atom. The molecule has 2 N–H and O–H groups in total. The van der Waals surface area contributed by atoms with E-state index < -0.39 is 12.3 Å². The molecule has 0 radical (unpaired) electrons. The van der Waals surface area contributed by atoms with E-state index in [2.05, 4.69) is 0 Å². The van der Waals surface area contributed by atoms with Crippen LogP contribution < -0.4 is 10.9 Å². The minimum atomic E-state index is -3.10. The Bertz CT molecular complexity index is 116. The lowest BCUT2D eigenvalue weighted by Gasteiger charge is -1.98. The highest BCUT2D eigenvalue weighted by atomic mass is 19.3. The minimum absolute atomic E-state index is 0.0836. The van der Waals surface area contributed by atoms with Crippen LogP contribution in [-0.2, 0) is 9.59 Å². The molecular formula is C3H4F2N2O2. The van der Waals surface area contributed by atoms with Crippen molar-refractivity contribution < 1.29 is 18.4 Å². The largest absolute Gasteiger partial charge is 0.317 e. The first-order valence-corrected chi connectivity index (χ1v) is 1.95. The molecule has 0 heterocycles. The highest BCUT2D eigenvalue weighted by molar-refractivity contribution is 5.79. The number of nitrogens with one attached hydrogen (secondary N) is 2. The summed E-state index contributed by atoms with van der Waals surface area (Å²) in [7, 11) is 0. The molecule has 0 aliphatic rings. The molecule has 0 atom stereocenters. The maximum absolute atomic E-state index is 11.2. The van der Waals surface area contributed by atoms with Gasteiger partial charge < -0.3 is 0 Å². The summed E-state index contributed by atoms with van der Waals surface area (Å²) in [5, 5.41) is 0. The van der Waals surface area contributed by atoms with Gasteiger partial charge in [-0.25, -0.2) is 0 Å². The molecule has 52 valence electrons. The Morgan fingerprint density at radius 1 is 1.56 bits per heavy atom. The zero-order chi connectivity index (χ0) is 7.28. The molecule has 6 heteroatoms. The Hall–Kier alpha value is -1.20. The number of amides is 2. The van der Waals surface area contributed by atoms with Crippen molar-refractivity contribution in [3.63, 3.8) is 0 Å². The summed E-state index contributed by atoms with van der Waals surface area (Å²) in [4.78, 5) is 19.2. The van der Waals surface area contributed by atoms with Gasteiger partial charge in [0.15, 0.2) is 0 Å². The fraction of sp³-hybridized carbons (Fsp3) is 0.333. The summed E-state index contributed by atoms with van der Waals surface area (Å²) in [5.41, 5.74) is 2.99. The van der Waals surface area contributed by atoms with Crippen LogP contribution in [0.15, 0.2) is 0 Å². The number of carbonyl (C=O) groups is 2. The molecule has 0 unspecified atom stereocenters. The van der Waals surface area contributed by atoms with Gasteiger partial charge in [0.1, 0.15) is 0 Å². The number of rotatable bonds is 3. The van der Waals surface area contributed by atoms with E-state index in [1.54, 1.807) is 5.43 Å². The van der Waals surface area contributed by atoms with Crippen LogP contribution in [0, 0.1) is 0 Å². The van der Waals surface area contributed by atoms with Gasteiger partial charge in [-0.1, -0.05) is 0 Å². The molecule has 0 fully saturated rings. The second kappa shape index (κ2) is 3.76. The molecule has 0 aromatic carbocycles. The summed E-state index contributed by atoms with van der Waals surface area (Å²) in [6.45, 7) is 0. The van der Waals surface area contributed by atoms with Crippen LogP contribution in [0.4, 0.5) is 8.78 Å². The fourth-order valence-electron chi connectivity index (χ4n) is 0.155.